The van der Waals surface area contributed by atoms with Gasteiger partial charge in [0.05, 0.1) is 24.4 Å². The predicted octanol–water partition coefficient (Wildman–Crippen LogP) is 7.15. The Morgan fingerprint density at radius 2 is 1.91 bits per heavy atom. The first kappa shape index (κ1) is 30.1. The fourth-order valence-electron chi connectivity index (χ4n) is 5.39. The second-order valence-corrected chi connectivity index (χ2v) is 11.8. The van der Waals surface area contributed by atoms with Gasteiger partial charge in [0.25, 0.3) is 0 Å². The Morgan fingerprint density at radius 1 is 1.16 bits per heavy atom. The van der Waals surface area contributed by atoms with Gasteiger partial charge in [-0.15, -0.1) is 0 Å². The molecule has 0 bridgehead atoms. The van der Waals surface area contributed by atoms with Gasteiger partial charge < -0.3 is 15.2 Å². The van der Waals surface area contributed by atoms with Crippen molar-refractivity contribution in [3.63, 3.8) is 0 Å². The van der Waals surface area contributed by atoms with E-state index in [-0.39, 0.29) is 36.5 Å². The minimum Gasteiger partial charge on any atom is -0.491 e. The van der Waals surface area contributed by atoms with E-state index in [1.165, 1.54) is 0 Å². The van der Waals surface area contributed by atoms with E-state index in [2.05, 4.69) is 25.7 Å². The molecule has 7 nitrogen and oxygen atoms in total. The number of aromatic nitrogens is 4. The number of nitrogens with zero attached hydrogens (tertiary/aromatic N) is 4. The van der Waals surface area contributed by atoms with Crippen molar-refractivity contribution in [1.82, 2.24) is 19.7 Å². The number of hydrogen-bond donors (Lipinski definition) is 2. The number of hydrogen-bond acceptors (Lipinski definition) is 6. The van der Waals surface area contributed by atoms with Gasteiger partial charge >= 0.3 is 0 Å². The number of anilines is 1. The molecule has 2 heterocycles. The van der Waals surface area contributed by atoms with Gasteiger partial charge in [-0.3, -0.25) is 4.68 Å². The zero-order valence-corrected chi connectivity index (χ0v) is 25.0. The molecule has 224 valence electrons. The summed E-state index contributed by atoms with van der Waals surface area (Å²) in [7, 11) is 0. The molecule has 0 spiro atoms. The SMILES string of the molecule is C=C/C=C(\C=C(C)C)Nc1nc(-c2nn(Cc3c(F)cc(OCCO)cc3F)c3ccccc23)nc2c1CCC(C)(C)C2. The first-order valence-corrected chi connectivity index (χ1v) is 14.4. The average Bonchev–Trinajstić information content (AvgIpc) is 3.31. The molecule has 5 rings (SSSR count). The fourth-order valence-corrected chi connectivity index (χ4v) is 5.39. The number of ether oxygens (including phenoxy) is 1. The number of allylic oxidation sites excluding steroid dienone is 4. The van der Waals surface area contributed by atoms with E-state index in [9.17, 15) is 0 Å². The van der Waals surface area contributed by atoms with E-state index in [1.54, 1.807) is 10.8 Å². The number of nitrogens with one attached hydrogen (secondary N) is 1. The van der Waals surface area contributed by atoms with Crippen molar-refractivity contribution in [3.05, 3.63) is 101 Å². The summed E-state index contributed by atoms with van der Waals surface area (Å²) in [4.78, 5) is 10.0. The fraction of sp³-hybridized carbons (Fsp3) is 0.324. The molecule has 0 atom stereocenters. The summed E-state index contributed by atoms with van der Waals surface area (Å²) in [5.41, 5.74) is 5.20. The highest BCUT2D eigenvalue weighted by Crippen LogP contribution is 2.38. The van der Waals surface area contributed by atoms with Gasteiger partial charge in [-0.1, -0.05) is 50.3 Å². The van der Waals surface area contributed by atoms with Crippen molar-refractivity contribution in [1.29, 1.82) is 0 Å². The Kier molecular flexibility index (Phi) is 8.73. The standard InChI is InChI=1S/C34H37F2N5O2/c1-6-9-22(16-21(2)3)37-32-24-12-13-34(4,5)19-29(24)38-33(39-32)31-25-10-7-8-11-30(25)41(40-31)20-26-27(35)17-23(18-28(26)36)43-15-14-42/h6-11,16-18,42H,1,12-15,19-20H2,2-5H3,(H,37,38,39)/b22-9+. The van der Waals surface area contributed by atoms with Gasteiger partial charge in [0.15, 0.2) is 5.82 Å². The van der Waals surface area contributed by atoms with Crippen molar-refractivity contribution in [2.45, 2.75) is 53.5 Å². The molecule has 1 aliphatic rings. The van der Waals surface area contributed by atoms with Crippen LogP contribution < -0.4 is 10.1 Å². The molecule has 2 N–H and O–H groups in total. The molecule has 0 fully saturated rings. The predicted molar refractivity (Wildman–Crippen MR) is 166 cm³/mol. The molecule has 0 unspecified atom stereocenters. The summed E-state index contributed by atoms with van der Waals surface area (Å²) in [6.07, 6.45) is 8.32. The van der Waals surface area contributed by atoms with Crippen molar-refractivity contribution >= 4 is 16.7 Å². The van der Waals surface area contributed by atoms with Crippen LogP contribution in [0.15, 0.2) is 72.5 Å². The summed E-state index contributed by atoms with van der Waals surface area (Å²) in [5, 5.41) is 18.1. The van der Waals surface area contributed by atoms with Crippen LogP contribution in [0.5, 0.6) is 5.75 Å². The molecule has 4 aromatic rings. The van der Waals surface area contributed by atoms with E-state index in [0.717, 1.165) is 65.1 Å². The van der Waals surface area contributed by atoms with Crippen LogP contribution in [-0.2, 0) is 19.4 Å². The second kappa shape index (κ2) is 12.5. The van der Waals surface area contributed by atoms with Crippen LogP contribution >= 0.6 is 0 Å². The van der Waals surface area contributed by atoms with Gasteiger partial charge in [-0.25, -0.2) is 18.7 Å². The zero-order chi connectivity index (χ0) is 30.7. The van der Waals surface area contributed by atoms with E-state index >= 15 is 8.78 Å². The minimum absolute atomic E-state index is 0.0159. The zero-order valence-electron chi connectivity index (χ0n) is 25.0. The molecular formula is C34H37F2N5O2. The van der Waals surface area contributed by atoms with Crippen molar-refractivity contribution in [3.8, 4) is 17.3 Å². The van der Waals surface area contributed by atoms with E-state index in [1.807, 2.05) is 50.3 Å². The number of aliphatic hydroxyl groups is 1. The summed E-state index contributed by atoms with van der Waals surface area (Å²) < 4.78 is 36.9. The molecule has 0 saturated carbocycles. The van der Waals surface area contributed by atoms with Crippen LogP contribution in [0, 0.1) is 17.0 Å². The Hall–Kier alpha value is -4.37. The summed E-state index contributed by atoms with van der Waals surface area (Å²) >= 11 is 0. The lowest BCUT2D eigenvalue weighted by Gasteiger charge is -2.31. The lowest BCUT2D eigenvalue weighted by atomic mass is 9.76. The molecule has 9 heteroatoms. The van der Waals surface area contributed by atoms with Gasteiger partial charge in [0, 0.05) is 34.3 Å². The van der Waals surface area contributed by atoms with Gasteiger partial charge in [-0.2, -0.15) is 5.10 Å². The molecule has 43 heavy (non-hydrogen) atoms. The molecular weight excluding hydrogens is 548 g/mol. The van der Waals surface area contributed by atoms with Crippen LogP contribution in [-0.4, -0.2) is 38.1 Å². The topological polar surface area (TPSA) is 85.1 Å². The maximum absolute atomic E-state index is 15.1. The second-order valence-electron chi connectivity index (χ2n) is 11.8. The Bertz CT molecular complexity index is 1710. The molecule has 1 aliphatic carbocycles. The maximum atomic E-state index is 15.1. The van der Waals surface area contributed by atoms with Crippen molar-refractivity contribution in [2.75, 3.05) is 18.5 Å². The highest BCUT2D eigenvalue weighted by molar-refractivity contribution is 5.92. The largest absolute Gasteiger partial charge is 0.491 e. The molecule has 0 saturated heterocycles. The van der Waals surface area contributed by atoms with E-state index in [0.29, 0.717) is 17.0 Å². The van der Waals surface area contributed by atoms with Crippen LogP contribution in [0.4, 0.5) is 14.6 Å². The number of para-hydroxylation sites is 1. The number of aliphatic hydroxyl groups excluding tert-OH is 1. The number of rotatable bonds is 10. The molecule has 0 radical (unpaired) electrons. The van der Waals surface area contributed by atoms with Crippen LogP contribution in [0.2, 0.25) is 0 Å². The Labute approximate surface area is 250 Å². The highest BCUT2D eigenvalue weighted by Gasteiger charge is 2.30. The normalized spacial score (nSPS) is 14.3. The maximum Gasteiger partial charge on any atom is 0.182 e. The number of halogens is 2. The average molecular weight is 586 g/mol. The third-order valence-electron chi connectivity index (χ3n) is 7.45. The van der Waals surface area contributed by atoms with Crippen LogP contribution in [0.25, 0.3) is 22.4 Å². The minimum atomic E-state index is -0.756. The van der Waals surface area contributed by atoms with Crippen molar-refractivity contribution in [2.24, 2.45) is 5.41 Å². The summed E-state index contributed by atoms with van der Waals surface area (Å²) in [5.74, 6) is -0.336. The van der Waals surface area contributed by atoms with Gasteiger partial charge in [-0.05, 0) is 56.7 Å². The summed E-state index contributed by atoms with van der Waals surface area (Å²) in [6.45, 7) is 11.9. The van der Waals surface area contributed by atoms with Crippen molar-refractivity contribution < 1.29 is 18.6 Å². The summed E-state index contributed by atoms with van der Waals surface area (Å²) in [6, 6.07) is 9.77. The number of benzene rings is 2. The quantitative estimate of drug-likeness (QED) is 0.192. The molecule has 2 aromatic heterocycles. The lowest BCUT2D eigenvalue weighted by Crippen LogP contribution is -2.25. The smallest absolute Gasteiger partial charge is 0.182 e. The van der Waals surface area contributed by atoms with Crippen LogP contribution in [0.3, 0.4) is 0 Å². The molecule has 2 aromatic carbocycles. The third kappa shape index (κ3) is 6.67. The number of fused-ring (bicyclic) bond motifs is 2. The Morgan fingerprint density at radius 3 is 2.60 bits per heavy atom. The van der Waals surface area contributed by atoms with Crippen LogP contribution in [0.1, 0.15) is 50.9 Å². The molecule has 0 amide bonds. The van der Waals surface area contributed by atoms with E-state index in [4.69, 9.17) is 24.9 Å². The molecule has 0 aliphatic heterocycles. The highest BCUT2D eigenvalue weighted by atomic mass is 19.1. The third-order valence-corrected chi connectivity index (χ3v) is 7.45. The Balaban J connectivity index is 1.62. The van der Waals surface area contributed by atoms with E-state index < -0.39 is 11.6 Å². The van der Waals surface area contributed by atoms with Gasteiger partial charge in [0.2, 0.25) is 0 Å². The lowest BCUT2D eigenvalue weighted by molar-refractivity contribution is 0.200. The van der Waals surface area contributed by atoms with Gasteiger partial charge in [0.1, 0.15) is 35.5 Å². The first-order chi connectivity index (χ1) is 20.6. The monoisotopic (exact) mass is 585 g/mol. The first-order valence-electron chi connectivity index (χ1n) is 14.4.